The summed E-state index contributed by atoms with van der Waals surface area (Å²) in [6.07, 6.45) is 0.715. The van der Waals surface area contributed by atoms with Crippen LogP contribution in [0.5, 0.6) is 0 Å². The van der Waals surface area contributed by atoms with Gasteiger partial charge in [-0.25, -0.2) is 0 Å². The number of nitrogens with two attached hydrogens (primary N) is 2. The van der Waals surface area contributed by atoms with Gasteiger partial charge in [0.1, 0.15) is 0 Å². The summed E-state index contributed by atoms with van der Waals surface area (Å²) in [4.78, 5) is 4.45. The molecule has 0 aliphatic rings. The third-order valence-electron chi connectivity index (χ3n) is 1.68. The molecule has 0 amide bonds. The first-order chi connectivity index (χ1) is 6.72. The number of guanidine groups is 1. The van der Waals surface area contributed by atoms with Crippen LogP contribution in [0, 0.1) is 0 Å². The molecule has 0 unspecified atom stereocenters. The number of rotatable bonds is 4. The standard InChI is InChI=1S/C9H12FN3S/c10-14-8-3-1-2-7(6-8)4-5-13-9(11)12/h1-3,6H,4-5H2,(H4,11,12,13). The van der Waals surface area contributed by atoms with Crippen LogP contribution in [0.25, 0.3) is 0 Å². The Morgan fingerprint density at radius 2 is 2.21 bits per heavy atom. The number of aliphatic imine (C=N–C) groups is 1. The van der Waals surface area contributed by atoms with E-state index in [2.05, 4.69) is 4.99 Å². The van der Waals surface area contributed by atoms with Crippen molar-refractivity contribution in [1.29, 1.82) is 0 Å². The largest absolute Gasteiger partial charge is 0.370 e. The van der Waals surface area contributed by atoms with Gasteiger partial charge in [0.15, 0.2) is 5.96 Å². The van der Waals surface area contributed by atoms with Crippen LogP contribution >= 0.6 is 12.1 Å². The van der Waals surface area contributed by atoms with Crippen molar-refractivity contribution in [1.82, 2.24) is 0 Å². The van der Waals surface area contributed by atoms with Crippen molar-refractivity contribution >= 4 is 18.1 Å². The molecule has 4 N–H and O–H groups in total. The van der Waals surface area contributed by atoms with E-state index in [1.807, 2.05) is 12.1 Å². The molecule has 1 aromatic rings. The molecule has 0 bridgehead atoms. The Kier molecular flexibility index (Phi) is 4.25. The van der Waals surface area contributed by atoms with Gasteiger partial charge in [-0.1, -0.05) is 12.1 Å². The predicted octanol–water partition coefficient (Wildman–Crippen LogP) is 1.48. The minimum Gasteiger partial charge on any atom is -0.370 e. The van der Waals surface area contributed by atoms with Crippen LogP contribution in [0.4, 0.5) is 3.89 Å². The van der Waals surface area contributed by atoms with Crippen molar-refractivity contribution in [3.63, 3.8) is 0 Å². The fourth-order valence-corrected chi connectivity index (χ4v) is 1.39. The van der Waals surface area contributed by atoms with Gasteiger partial charge in [0.2, 0.25) is 0 Å². The molecule has 0 atom stereocenters. The second-order valence-electron chi connectivity index (χ2n) is 2.78. The number of hydrogen-bond donors (Lipinski definition) is 2. The van der Waals surface area contributed by atoms with E-state index in [0.29, 0.717) is 17.9 Å². The normalized spacial score (nSPS) is 9.79. The van der Waals surface area contributed by atoms with Crippen molar-refractivity contribution in [3.8, 4) is 0 Å². The molecule has 0 saturated heterocycles. The topological polar surface area (TPSA) is 64.4 Å². The van der Waals surface area contributed by atoms with Gasteiger partial charge in [-0.15, -0.1) is 0 Å². The highest BCUT2D eigenvalue weighted by molar-refractivity contribution is 7.94. The Bertz CT molecular complexity index is 324. The van der Waals surface area contributed by atoms with Crippen LogP contribution < -0.4 is 11.5 Å². The average molecular weight is 213 g/mol. The molecule has 0 radical (unpaired) electrons. The molecule has 0 aliphatic carbocycles. The Labute approximate surface area is 86.7 Å². The quantitative estimate of drug-likeness (QED) is 0.588. The lowest BCUT2D eigenvalue weighted by molar-refractivity contribution is 0.927. The lowest BCUT2D eigenvalue weighted by Crippen LogP contribution is -2.23. The van der Waals surface area contributed by atoms with Crippen molar-refractivity contribution in [3.05, 3.63) is 29.8 Å². The van der Waals surface area contributed by atoms with Crippen molar-refractivity contribution in [2.24, 2.45) is 16.5 Å². The molecule has 1 aromatic carbocycles. The van der Waals surface area contributed by atoms with Crippen LogP contribution in [0.1, 0.15) is 5.56 Å². The molecule has 0 heterocycles. The van der Waals surface area contributed by atoms with Gasteiger partial charge in [0.05, 0.1) is 12.1 Å². The molecule has 0 spiro atoms. The van der Waals surface area contributed by atoms with Gasteiger partial charge in [-0.3, -0.25) is 4.99 Å². The highest BCUT2D eigenvalue weighted by Crippen LogP contribution is 2.19. The SMILES string of the molecule is NC(N)=NCCc1cccc(SF)c1. The van der Waals surface area contributed by atoms with E-state index in [4.69, 9.17) is 11.5 Å². The maximum absolute atomic E-state index is 12.2. The van der Waals surface area contributed by atoms with E-state index in [9.17, 15) is 3.89 Å². The summed E-state index contributed by atoms with van der Waals surface area (Å²) < 4.78 is 12.2. The Balaban J connectivity index is 2.54. The second kappa shape index (κ2) is 5.49. The van der Waals surface area contributed by atoms with E-state index in [1.165, 1.54) is 0 Å². The second-order valence-corrected chi connectivity index (χ2v) is 3.41. The maximum atomic E-state index is 12.2. The fraction of sp³-hybridized carbons (Fsp3) is 0.222. The zero-order valence-electron chi connectivity index (χ0n) is 7.61. The summed E-state index contributed by atoms with van der Waals surface area (Å²) in [5.41, 5.74) is 11.4. The minimum absolute atomic E-state index is 0.0843. The van der Waals surface area contributed by atoms with Crippen molar-refractivity contribution in [2.45, 2.75) is 11.3 Å². The zero-order chi connectivity index (χ0) is 10.4. The lowest BCUT2D eigenvalue weighted by Gasteiger charge is -1.99. The summed E-state index contributed by atoms with van der Waals surface area (Å²) in [6.45, 7) is 0.530. The molecule has 1 rings (SSSR count). The monoisotopic (exact) mass is 213 g/mol. The van der Waals surface area contributed by atoms with E-state index >= 15 is 0 Å². The van der Waals surface area contributed by atoms with Gasteiger partial charge in [0, 0.05) is 11.4 Å². The number of halogens is 1. The third-order valence-corrected chi connectivity index (χ3v) is 2.11. The van der Waals surface area contributed by atoms with Gasteiger partial charge in [-0.05, 0) is 24.1 Å². The maximum Gasteiger partial charge on any atom is 0.185 e. The third kappa shape index (κ3) is 3.66. The fourth-order valence-electron chi connectivity index (χ4n) is 1.06. The summed E-state index contributed by atoms with van der Waals surface area (Å²) >= 11 is 0.238. The highest BCUT2D eigenvalue weighted by atomic mass is 32.2. The number of hydrogen-bond acceptors (Lipinski definition) is 2. The molecule has 0 fully saturated rings. The van der Waals surface area contributed by atoms with Crippen LogP contribution in [-0.2, 0) is 6.42 Å². The van der Waals surface area contributed by atoms with Gasteiger partial charge in [-0.2, -0.15) is 3.89 Å². The zero-order valence-corrected chi connectivity index (χ0v) is 8.43. The Morgan fingerprint density at radius 3 is 2.86 bits per heavy atom. The summed E-state index contributed by atoms with van der Waals surface area (Å²) in [6, 6.07) is 7.23. The van der Waals surface area contributed by atoms with Gasteiger partial charge >= 0.3 is 0 Å². The first kappa shape index (κ1) is 10.8. The molecule has 0 aromatic heterocycles. The van der Waals surface area contributed by atoms with Crippen LogP contribution in [-0.4, -0.2) is 12.5 Å². The summed E-state index contributed by atoms with van der Waals surface area (Å²) in [5.74, 6) is 0.0843. The first-order valence-corrected chi connectivity index (χ1v) is 4.87. The minimum atomic E-state index is 0.0843. The molecule has 76 valence electrons. The summed E-state index contributed by atoms with van der Waals surface area (Å²) in [5, 5.41) is 0. The van der Waals surface area contributed by atoms with E-state index in [-0.39, 0.29) is 18.1 Å². The predicted molar refractivity (Wildman–Crippen MR) is 57.8 cm³/mol. The molecular formula is C9H12FN3S. The number of benzene rings is 1. The first-order valence-electron chi connectivity index (χ1n) is 4.15. The molecule has 0 saturated carbocycles. The molecule has 14 heavy (non-hydrogen) atoms. The highest BCUT2D eigenvalue weighted by Gasteiger charge is 1.96. The van der Waals surface area contributed by atoms with E-state index in [1.54, 1.807) is 12.1 Å². The Hall–Kier alpha value is -1.23. The molecule has 5 heteroatoms. The molecule has 3 nitrogen and oxygen atoms in total. The van der Waals surface area contributed by atoms with Crippen molar-refractivity contribution in [2.75, 3.05) is 6.54 Å². The van der Waals surface area contributed by atoms with Gasteiger partial charge < -0.3 is 11.5 Å². The van der Waals surface area contributed by atoms with Crippen molar-refractivity contribution < 1.29 is 3.89 Å². The lowest BCUT2D eigenvalue weighted by atomic mass is 10.1. The average Bonchev–Trinajstić information content (AvgIpc) is 2.18. The summed E-state index contributed by atoms with van der Waals surface area (Å²) in [7, 11) is 0. The van der Waals surface area contributed by atoms with E-state index in [0.717, 1.165) is 5.56 Å². The van der Waals surface area contributed by atoms with Crippen LogP contribution in [0.15, 0.2) is 34.2 Å². The van der Waals surface area contributed by atoms with Gasteiger partial charge in [0.25, 0.3) is 0 Å². The Morgan fingerprint density at radius 1 is 1.43 bits per heavy atom. The van der Waals surface area contributed by atoms with Crippen LogP contribution in [0.2, 0.25) is 0 Å². The molecule has 0 aliphatic heterocycles. The number of nitrogens with zero attached hydrogens (tertiary/aromatic N) is 1. The smallest absolute Gasteiger partial charge is 0.185 e. The van der Waals surface area contributed by atoms with E-state index < -0.39 is 0 Å². The molecular weight excluding hydrogens is 201 g/mol. The van der Waals surface area contributed by atoms with Crippen LogP contribution in [0.3, 0.4) is 0 Å².